The van der Waals surface area contributed by atoms with Gasteiger partial charge in [-0.1, -0.05) is 18.6 Å². The van der Waals surface area contributed by atoms with E-state index in [1.807, 2.05) is 0 Å². The molecule has 0 unspecified atom stereocenters. The molecule has 2 aliphatic heterocycles. The van der Waals surface area contributed by atoms with Gasteiger partial charge in [0.05, 0.1) is 18.8 Å². The van der Waals surface area contributed by atoms with Gasteiger partial charge in [0, 0.05) is 12.6 Å². The second-order valence-corrected chi connectivity index (χ2v) is 6.26. The van der Waals surface area contributed by atoms with Crippen molar-refractivity contribution in [3.05, 3.63) is 47.1 Å². The monoisotopic (exact) mass is 359 g/mol. The maximum atomic E-state index is 13.5. The fraction of sp³-hybridized carbons (Fsp3) is 0.368. The summed E-state index contributed by atoms with van der Waals surface area (Å²) >= 11 is 0. The Kier molecular flexibility index (Phi) is 5.93. The molecule has 0 saturated carbocycles. The zero-order chi connectivity index (χ0) is 19.5. The molecule has 3 atom stereocenters. The third-order valence-electron chi connectivity index (χ3n) is 4.30. The summed E-state index contributed by atoms with van der Waals surface area (Å²) in [4.78, 5) is 4.26. The van der Waals surface area contributed by atoms with Crippen LogP contribution in [-0.2, 0) is 4.74 Å². The Hall–Kier alpha value is -2.53. The Balaban J connectivity index is 2.17. The minimum Gasteiger partial charge on any atom is -0.392 e. The van der Waals surface area contributed by atoms with Crippen molar-refractivity contribution in [3.63, 3.8) is 0 Å². The van der Waals surface area contributed by atoms with Crippen LogP contribution in [0.5, 0.6) is 0 Å². The Labute approximate surface area is 152 Å². The lowest BCUT2D eigenvalue weighted by atomic mass is 9.98. The first-order chi connectivity index (χ1) is 12.2. The van der Waals surface area contributed by atoms with Gasteiger partial charge >= 0.3 is 0 Å². The maximum absolute atomic E-state index is 13.5. The van der Waals surface area contributed by atoms with Gasteiger partial charge in [-0.15, -0.1) is 6.42 Å². The van der Waals surface area contributed by atoms with Gasteiger partial charge in [-0.2, -0.15) is 4.39 Å². The fourth-order valence-electron chi connectivity index (χ4n) is 2.71. The second-order valence-electron chi connectivity index (χ2n) is 6.26. The SMILES string of the molecule is C#C[C@]1(CO)O[C@@H](/C=C(/C)C=NC2=C(C)C(=C)C=C(F)NC2=N)C[C@@H]1O. The highest BCUT2D eigenvalue weighted by Crippen LogP contribution is 2.31. The first kappa shape index (κ1) is 19.8. The van der Waals surface area contributed by atoms with Gasteiger partial charge in [0.1, 0.15) is 5.70 Å². The first-order valence-corrected chi connectivity index (χ1v) is 8.02. The van der Waals surface area contributed by atoms with Crippen LogP contribution < -0.4 is 5.32 Å². The maximum Gasteiger partial charge on any atom is 0.193 e. The lowest BCUT2D eigenvalue weighted by molar-refractivity contribution is -0.0615. The minimum absolute atomic E-state index is 0.168. The van der Waals surface area contributed by atoms with E-state index in [9.17, 15) is 14.6 Å². The number of hydrogen-bond donors (Lipinski definition) is 4. The van der Waals surface area contributed by atoms with Crippen LogP contribution in [-0.4, -0.2) is 46.7 Å². The zero-order valence-corrected chi connectivity index (χ0v) is 14.7. The van der Waals surface area contributed by atoms with E-state index in [1.165, 1.54) is 12.3 Å². The Morgan fingerprint density at radius 2 is 2.38 bits per heavy atom. The van der Waals surface area contributed by atoms with Crippen molar-refractivity contribution in [2.75, 3.05) is 6.61 Å². The van der Waals surface area contributed by atoms with Gasteiger partial charge in [-0.25, -0.2) is 0 Å². The van der Waals surface area contributed by atoms with Crippen molar-refractivity contribution < 1.29 is 19.3 Å². The van der Waals surface area contributed by atoms with Crippen molar-refractivity contribution in [3.8, 4) is 12.3 Å². The fourth-order valence-corrected chi connectivity index (χ4v) is 2.71. The standard InChI is InChI=1S/C19H22FN3O3/c1-5-19(10-24)15(25)8-14(26-19)6-11(2)9-22-17-13(4)12(3)7-16(20)23-18(17)21/h1,6-7,9,14-15,24-25H,3,8,10H2,2,4H3,(H2,21,23)/b11-6-,22-9?/t14-,15-,19+/m0/s1. The quantitative estimate of drug-likeness (QED) is 0.349. The molecular weight excluding hydrogens is 337 g/mol. The summed E-state index contributed by atoms with van der Waals surface area (Å²) in [5.41, 5.74) is 0.580. The van der Waals surface area contributed by atoms with E-state index in [0.29, 0.717) is 16.7 Å². The summed E-state index contributed by atoms with van der Waals surface area (Å²) in [6.45, 7) is 6.76. The Morgan fingerprint density at radius 1 is 1.69 bits per heavy atom. The number of rotatable bonds is 4. The number of halogens is 1. The normalized spacial score (nSPS) is 30.3. The van der Waals surface area contributed by atoms with Crippen molar-refractivity contribution in [1.82, 2.24) is 5.32 Å². The van der Waals surface area contributed by atoms with Crippen LogP contribution in [0.15, 0.2) is 52.1 Å². The average Bonchev–Trinajstić information content (AvgIpc) is 2.85. The van der Waals surface area contributed by atoms with E-state index in [1.54, 1.807) is 19.9 Å². The number of aliphatic imine (C=N–C) groups is 1. The molecule has 0 radical (unpaired) electrons. The van der Waals surface area contributed by atoms with Crippen LogP contribution in [0, 0.1) is 17.8 Å². The molecule has 0 bridgehead atoms. The average molecular weight is 359 g/mol. The summed E-state index contributed by atoms with van der Waals surface area (Å²) < 4.78 is 19.1. The van der Waals surface area contributed by atoms with E-state index in [0.717, 1.165) is 0 Å². The van der Waals surface area contributed by atoms with Crippen LogP contribution in [0.4, 0.5) is 4.39 Å². The zero-order valence-electron chi connectivity index (χ0n) is 14.7. The summed E-state index contributed by atoms with van der Waals surface area (Å²) in [6.07, 6.45) is 8.61. The van der Waals surface area contributed by atoms with E-state index in [2.05, 4.69) is 22.8 Å². The minimum atomic E-state index is -1.40. The molecule has 0 amide bonds. The predicted molar refractivity (Wildman–Crippen MR) is 98.3 cm³/mol. The van der Waals surface area contributed by atoms with Crippen molar-refractivity contribution in [2.24, 2.45) is 4.99 Å². The summed E-state index contributed by atoms with van der Waals surface area (Å²) in [6, 6.07) is 0. The van der Waals surface area contributed by atoms with Crippen molar-refractivity contribution in [2.45, 2.75) is 38.1 Å². The third-order valence-corrected chi connectivity index (χ3v) is 4.30. The van der Waals surface area contributed by atoms with E-state index in [-0.39, 0.29) is 18.0 Å². The molecule has 2 heterocycles. The van der Waals surface area contributed by atoms with Crippen molar-refractivity contribution >= 4 is 12.1 Å². The molecule has 1 fully saturated rings. The molecule has 2 rings (SSSR count). The number of aliphatic hydroxyl groups is 2. The molecule has 26 heavy (non-hydrogen) atoms. The molecule has 138 valence electrons. The molecule has 0 aromatic carbocycles. The highest BCUT2D eigenvalue weighted by atomic mass is 19.1. The van der Waals surface area contributed by atoms with E-state index >= 15 is 0 Å². The number of amidine groups is 1. The van der Waals surface area contributed by atoms with Crippen LogP contribution in [0.25, 0.3) is 0 Å². The largest absolute Gasteiger partial charge is 0.392 e. The second kappa shape index (κ2) is 7.79. The number of aliphatic hydroxyl groups excluding tert-OH is 2. The lowest BCUT2D eigenvalue weighted by Gasteiger charge is -2.23. The summed E-state index contributed by atoms with van der Waals surface area (Å²) in [5, 5.41) is 29.6. The van der Waals surface area contributed by atoms with Gasteiger partial charge in [0.25, 0.3) is 0 Å². The van der Waals surface area contributed by atoms with Gasteiger partial charge in [-0.05, 0) is 36.6 Å². The molecule has 0 aliphatic carbocycles. The summed E-state index contributed by atoms with van der Waals surface area (Å²) in [7, 11) is 0. The smallest absolute Gasteiger partial charge is 0.193 e. The first-order valence-electron chi connectivity index (χ1n) is 8.02. The highest BCUT2D eigenvalue weighted by Gasteiger charge is 2.45. The third kappa shape index (κ3) is 3.99. The molecule has 1 saturated heterocycles. The number of hydrogen-bond acceptors (Lipinski definition) is 5. The molecule has 4 N–H and O–H groups in total. The Morgan fingerprint density at radius 3 is 2.96 bits per heavy atom. The number of nitrogens with zero attached hydrogens (tertiary/aromatic N) is 1. The summed E-state index contributed by atoms with van der Waals surface area (Å²) in [5.74, 6) is 1.48. The van der Waals surface area contributed by atoms with Gasteiger partial charge in [-0.3, -0.25) is 10.4 Å². The molecule has 0 spiro atoms. The molecule has 6 nitrogen and oxygen atoms in total. The van der Waals surface area contributed by atoms with Crippen LogP contribution in [0.2, 0.25) is 0 Å². The molecule has 7 heteroatoms. The number of allylic oxidation sites excluding steroid dienone is 4. The Bertz CT molecular complexity index is 788. The molecular formula is C19H22FN3O3. The van der Waals surface area contributed by atoms with Gasteiger partial charge in [0.15, 0.2) is 17.4 Å². The highest BCUT2D eigenvalue weighted by molar-refractivity contribution is 6.00. The number of nitrogens with one attached hydrogen (secondary N) is 2. The molecule has 2 aliphatic rings. The predicted octanol–water partition coefficient (Wildman–Crippen LogP) is 1.74. The molecule has 0 aromatic heterocycles. The van der Waals surface area contributed by atoms with Gasteiger partial charge in [0.2, 0.25) is 0 Å². The van der Waals surface area contributed by atoms with E-state index in [4.69, 9.17) is 16.6 Å². The molecule has 0 aromatic rings. The van der Waals surface area contributed by atoms with Crippen LogP contribution in [0.3, 0.4) is 0 Å². The topological polar surface area (TPSA) is 97.9 Å². The number of terminal acetylenes is 1. The number of ether oxygens (including phenoxy) is 1. The lowest BCUT2D eigenvalue weighted by Crippen LogP contribution is -2.41. The van der Waals surface area contributed by atoms with Crippen LogP contribution >= 0.6 is 0 Å². The van der Waals surface area contributed by atoms with Crippen molar-refractivity contribution in [1.29, 1.82) is 5.41 Å². The van der Waals surface area contributed by atoms with Crippen LogP contribution in [0.1, 0.15) is 20.3 Å². The van der Waals surface area contributed by atoms with Gasteiger partial charge < -0.3 is 20.3 Å². The van der Waals surface area contributed by atoms with E-state index < -0.39 is 30.4 Å².